The highest BCUT2D eigenvalue weighted by Gasteiger charge is 2.21. The number of unbranched alkanes of at least 4 members (excludes halogenated alkanes) is 1. The van der Waals surface area contributed by atoms with Crippen LogP contribution >= 0.6 is 0 Å². The van der Waals surface area contributed by atoms with Gasteiger partial charge in [0.15, 0.2) is 0 Å². The van der Waals surface area contributed by atoms with Gasteiger partial charge in [-0.1, -0.05) is 0 Å². The average molecular weight is 391 g/mol. The molecular weight excluding hydrogens is 366 g/mol. The standard InChI is InChI=1S/C21H25N7O/c1-27(2)13-5-4-6-17-23-11-8-15-18(14-7-10-25-21(22)26-14)19-16(29-3)9-12-24-20(19)28(15)17/h7-12H,4-6,13H2,1-3H3,(H2,22,25,26). The third-order valence-electron chi connectivity index (χ3n) is 4.97. The van der Waals surface area contributed by atoms with Gasteiger partial charge >= 0.3 is 0 Å². The van der Waals surface area contributed by atoms with E-state index in [9.17, 15) is 0 Å². The molecule has 0 saturated heterocycles. The fourth-order valence-corrected chi connectivity index (χ4v) is 3.69. The molecule has 0 aliphatic carbocycles. The van der Waals surface area contributed by atoms with Gasteiger partial charge in [-0.25, -0.2) is 19.9 Å². The van der Waals surface area contributed by atoms with E-state index in [1.54, 1.807) is 19.5 Å². The van der Waals surface area contributed by atoms with Crippen molar-refractivity contribution in [3.63, 3.8) is 0 Å². The number of hydrogen-bond donors (Lipinski definition) is 1. The van der Waals surface area contributed by atoms with Crippen molar-refractivity contribution in [2.45, 2.75) is 19.3 Å². The second kappa shape index (κ2) is 8.00. The number of nitrogens with zero attached hydrogens (tertiary/aromatic N) is 6. The molecule has 0 fully saturated rings. The van der Waals surface area contributed by atoms with E-state index in [-0.39, 0.29) is 5.95 Å². The Bertz CT molecular complexity index is 1150. The predicted molar refractivity (Wildman–Crippen MR) is 114 cm³/mol. The molecule has 0 aromatic carbocycles. The van der Waals surface area contributed by atoms with Crippen molar-refractivity contribution in [3.8, 4) is 17.0 Å². The van der Waals surface area contributed by atoms with Gasteiger partial charge in [-0.3, -0.25) is 4.40 Å². The Kier molecular flexibility index (Phi) is 5.26. The SMILES string of the molecule is COc1ccnc2c1c(-c1ccnc(N)n1)c1ccnc(CCCCN(C)C)n12. The molecule has 8 nitrogen and oxygen atoms in total. The lowest BCUT2D eigenvalue weighted by atomic mass is 10.1. The molecule has 29 heavy (non-hydrogen) atoms. The van der Waals surface area contributed by atoms with E-state index < -0.39 is 0 Å². The molecule has 150 valence electrons. The third-order valence-corrected chi connectivity index (χ3v) is 4.97. The van der Waals surface area contributed by atoms with Crippen LogP contribution in [0.2, 0.25) is 0 Å². The molecule has 0 spiro atoms. The summed E-state index contributed by atoms with van der Waals surface area (Å²) < 4.78 is 7.77. The molecule has 2 N–H and O–H groups in total. The second-order valence-electron chi connectivity index (χ2n) is 7.23. The monoisotopic (exact) mass is 391 g/mol. The minimum atomic E-state index is 0.232. The van der Waals surface area contributed by atoms with Gasteiger partial charge in [0, 0.05) is 30.6 Å². The van der Waals surface area contributed by atoms with Crippen molar-refractivity contribution >= 4 is 22.5 Å². The Balaban J connectivity index is 1.93. The van der Waals surface area contributed by atoms with Crippen LogP contribution in [-0.2, 0) is 6.42 Å². The highest BCUT2D eigenvalue weighted by molar-refractivity contribution is 6.06. The highest BCUT2D eigenvalue weighted by atomic mass is 16.5. The van der Waals surface area contributed by atoms with Gasteiger partial charge in [-0.05, 0) is 51.7 Å². The average Bonchev–Trinajstić information content (AvgIpc) is 3.06. The van der Waals surface area contributed by atoms with E-state index in [4.69, 9.17) is 10.5 Å². The Hall–Kier alpha value is -3.26. The summed E-state index contributed by atoms with van der Waals surface area (Å²) in [5, 5.41) is 0.899. The minimum absolute atomic E-state index is 0.232. The number of anilines is 1. The summed E-state index contributed by atoms with van der Waals surface area (Å²) in [5.74, 6) is 1.94. The molecule has 0 bridgehead atoms. The van der Waals surface area contributed by atoms with Crippen LogP contribution in [0.3, 0.4) is 0 Å². The van der Waals surface area contributed by atoms with Crippen molar-refractivity contribution in [1.29, 1.82) is 0 Å². The second-order valence-corrected chi connectivity index (χ2v) is 7.23. The number of methoxy groups -OCH3 is 1. The summed E-state index contributed by atoms with van der Waals surface area (Å²) in [6, 6.07) is 5.70. The Morgan fingerprint density at radius 3 is 2.59 bits per heavy atom. The molecule has 4 aromatic rings. The van der Waals surface area contributed by atoms with E-state index in [1.165, 1.54) is 0 Å². The zero-order chi connectivity index (χ0) is 20.4. The van der Waals surface area contributed by atoms with Crippen LogP contribution in [0.1, 0.15) is 18.7 Å². The largest absolute Gasteiger partial charge is 0.496 e. The number of pyridine rings is 1. The molecule has 0 unspecified atom stereocenters. The molecule has 0 saturated carbocycles. The number of fused-ring (bicyclic) bond motifs is 3. The zero-order valence-corrected chi connectivity index (χ0v) is 17.0. The smallest absolute Gasteiger partial charge is 0.220 e. The lowest BCUT2D eigenvalue weighted by Gasteiger charge is -2.10. The number of ether oxygens (including phenoxy) is 1. The van der Waals surface area contributed by atoms with E-state index in [0.29, 0.717) is 0 Å². The van der Waals surface area contributed by atoms with Crippen LogP contribution in [0.15, 0.2) is 36.8 Å². The molecule has 8 heteroatoms. The van der Waals surface area contributed by atoms with Gasteiger partial charge in [0.1, 0.15) is 17.2 Å². The summed E-state index contributed by atoms with van der Waals surface area (Å²) in [7, 11) is 5.85. The molecule has 0 aliphatic rings. The topological polar surface area (TPSA) is 94.5 Å². The number of aromatic nitrogens is 5. The predicted octanol–water partition coefficient (Wildman–Crippen LogP) is 2.81. The number of nitrogens with two attached hydrogens (primary N) is 1. The minimum Gasteiger partial charge on any atom is -0.496 e. The molecule has 0 aliphatic heterocycles. The first-order chi connectivity index (χ1) is 14.1. The van der Waals surface area contributed by atoms with Crippen molar-refractivity contribution in [2.24, 2.45) is 0 Å². The summed E-state index contributed by atoms with van der Waals surface area (Å²) in [4.78, 5) is 20.0. The van der Waals surface area contributed by atoms with E-state index in [1.807, 2.05) is 24.4 Å². The van der Waals surface area contributed by atoms with E-state index >= 15 is 0 Å². The Morgan fingerprint density at radius 1 is 1.03 bits per heavy atom. The third kappa shape index (κ3) is 3.58. The van der Waals surface area contributed by atoms with Gasteiger partial charge < -0.3 is 15.4 Å². The first kappa shape index (κ1) is 19.1. The van der Waals surface area contributed by atoms with Crippen LogP contribution in [-0.4, -0.2) is 57.0 Å². The first-order valence-corrected chi connectivity index (χ1v) is 9.64. The van der Waals surface area contributed by atoms with Crippen LogP contribution in [0, 0.1) is 0 Å². The van der Waals surface area contributed by atoms with Gasteiger partial charge in [0.05, 0.1) is 23.7 Å². The summed E-state index contributed by atoms with van der Waals surface area (Å²) in [6.45, 7) is 1.06. The first-order valence-electron chi connectivity index (χ1n) is 9.64. The quantitative estimate of drug-likeness (QED) is 0.484. The number of hydrogen-bond acceptors (Lipinski definition) is 7. The fraction of sp³-hybridized carbons (Fsp3) is 0.333. The van der Waals surface area contributed by atoms with Gasteiger partial charge in [0.2, 0.25) is 5.95 Å². The fourth-order valence-electron chi connectivity index (χ4n) is 3.69. The molecular formula is C21H25N7O. The van der Waals surface area contributed by atoms with E-state index in [2.05, 4.69) is 43.3 Å². The lowest BCUT2D eigenvalue weighted by molar-refractivity contribution is 0.393. The van der Waals surface area contributed by atoms with E-state index in [0.717, 1.165) is 65.2 Å². The molecule has 0 amide bonds. The van der Waals surface area contributed by atoms with Crippen molar-refractivity contribution < 1.29 is 4.74 Å². The van der Waals surface area contributed by atoms with Gasteiger partial charge in [-0.15, -0.1) is 0 Å². The van der Waals surface area contributed by atoms with Crippen LogP contribution in [0.4, 0.5) is 5.95 Å². The Morgan fingerprint density at radius 2 is 1.83 bits per heavy atom. The maximum atomic E-state index is 5.87. The molecule has 4 rings (SSSR count). The van der Waals surface area contributed by atoms with Crippen LogP contribution in [0.25, 0.3) is 27.8 Å². The lowest BCUT2D eigenvalue weighted by Crippen LogP contribution is -2.13. The molecule has 4 aromatic heterocycles. The normalized spacial score (nSPS) is 11.6. The van der Waals surface area contributed by atoms with Crippen molar-refractivity contribution in [3.05, 3.63) is 42.6 Å². The van der Waals surface area contributed by atoms with Crippen molar-refractivity contribution in [1.82, 2.24) is 29.2 Å². The van der Waals surface area contributed by atoms with Crippen molar-refractivity contribution in [2.75, 3.05) is 33.5 Å². The number of aryl methyl sites for hydroxylation is 1. The van der Waals surface area contributed by atoms with Gasteiger partial charge in [-0.2, -0.15) is 0 Å². The van der Waals surface area contributed by atoms with Crippen LogP contribution < -0.4 is 10.5 Å². The molecule has 0 radical (unpaired) electrons. The zero-order valence-electron chi connectivity index (χ0n) is 17.0. The summed E-state index contributed by atoms with van der Waals surface area (Å²) >= 11 is 0. The Labute approximate surface area is 169 Å². The highest BCUT2D eigenvalue weighted by Crippen LogP contribution is 2.39. The summed E-state index contributed by atoms with van der Waals surface area (Å²) in [5.41, 5.74) is 9.32. The molecule has 4 heterocycles. The van der Waals surface area contributed by atoms with Gasteiger partial charge in [0.25, 0.3) is 0 Å². The number of rotatable bonds is 7. The van der Waals surface area contributed by atoms with Crippen LogP contribution in [0.5, 0.6) is 5.75 Å². The maximum Gasteiger partial charge on any atom is 0.220 e. The molecule has 0 atom stereocenters. The summed E-state index contributed by atoms with van der Waals surface area (Å²) in [6.07, 6.45) is 8.28. The maximum absolute atomic E-state index is 5.87. The number of nitrogen functional groups attached to an aromatic ring is 1.